The highest BCUT2D eigenvalue weighted by atomic mass is 16.6. The van der Waals surface area contributed by atoms with Gasteiger partial charge >= 0.3 is 5.97 Å². The molecule has 2 bridgehead atoms. The highest BCUT2D eigenvalue weighted by Crippen LogP contribution is 2.70. The Bertz CT molecular complexity index is 822. The Balaban J connectivity index is 1.64. The van der Waals surface area contributed by atoms with Crippen molar-refractivity contribution in [1.29, 1.82) is 0 Å². The molecule has 2 heterocycles. The molecule has 0 aromatic heterocycles. The third kappa shape index (κ3) is 1.52. The van der Waals surface area contributed by atoms with Gasteiger partial charge in [-0.15, -0.1) is 0 Å². The first-order chi connectivity index (χ1) is 12.5. The molecule has 6 aliphatic rings. The van der Waals surface area contributed by atoms with Crippen LogP contribution in [0.1, 0.15) is 32.6 Å². The Hall–Kier alpha value is -1.75. The quantitative estimate of drug-likeness (QED) is 0.492. The summed E-state index contributed by atoms with van der Waals surface area (Å²) >= 11 is 0. The average molecular weight is 354 g/mol. The zero-order valence-corrected chi connectivity index (χ0v) is 14.8. The van der Waals surface area contributed by atoms with Gasteiger partial charge in [0.2, 0.25) is 0 Å². The number of carbonyl (C=O) groups is 3. The van der Waals surface area contributed by atoms with Gasteiger partial charge in [-0.25, -0.2) is 0 Å². The molecule has 0 N–H and O–H groups in total. The van der Waals surface area contributed by atoms with Gasteiger partial charge in [0.05, 0.1) is 18.6 Å². The summed E-state index contributed by atoms with van der Waals surface area (Å²) in [5.41, 5.74) is 0.677. The Kier molecular flexibility index (Phi) is 2.80. The van der Waals surface area contributed by atoms with Gasteiger partial charge in [0.15, 0.2) is 11.6 Å². The van der Waals surface area contributed by atoms with Crippen LogP contribution in [0.4, 0.5) is 0 Å². The van der Waals surface area contributed by atoms with Crippen LogP contribution in [-0.2, 0) is 23.9 Å². The van der Waals surface area contributed by atoms with Crippen molar-refractivity contribution in [3.63, 3.8) is 0 Å². The van der Waals surface area contributed by atoms with Gasteiger partial charge in [-0.2, -0.15) is 0 Å². The Morgan fingerprint density at radius 1 is 1.04 bits per heavy atom. The van der Waals surface area contributed by atoms with Crippen LogP contribution in [0.15, 0.2) is 23.3 Å². The number of ketones is 2. The van der Waals surface area contributed by atoms with Crippen LogP contribution in [0, 0.1) is 35.0 Å². The minimum Gasteiger partial charge on any atom is -0.457 e. The van der Waals surface area contributed by atoms with Gasteiger partial charge in [-0.1, -0.05) is 6.92 Å². The first-order valence-corrected chi connectivity index (χ1v) is 9.87. The van der Waals surface area contributed by atoms with Crippen LogP contribution < -0.4 is 0 Å². The third-order valence-electron chi connectivity index (χ3n) is 8.33. The molecule has 0 amide bonds. The first kappa shape index (κ1) is 15.3. The van der Waals surface area contributed by atoms with E-state index in [2.05, 4.69) is 6.92 Å². The number of ether oxygens (including phenoxy) is 2. The molecule has 2 unspecified atom stereocenters. The molecule has 5 nitrogen and oxygen atoms in total. The molecule has 4 aliphatic carbocycles. The third-order valence-corrected chi connectivity index (χ3v) is 8.33. The molecule has 26 heavy (non-hydrogen) atoms. The normalized spacial score (nSPS) is 51.1. The fourth-order valence-electron chi connectivity index (χ4n) is 7.51. The molecule has 8 atom stereocenters. The minimum absolute atomic E-state index is 0.0175. The van der Waals surface area contributed by atoms with Crippen molar-refractivity contribution in [2.24, 2.45) is 35.0 Å². The van der Waals surface area contributed by atoms with Crippen LogP contribution in [0.5, 0.6) is 0 Å². The van der Waals surface area contributed by atoms with E-state index in [9.17, 15) is 14.4 Å². The fraction of sp³-hybridized carbons (Fsp3) is 0.667. The summed E-state index contributed by atoms with van der Waals surface area (Å²) in [6.07, 6.45) is 5.70. The largest absolute Gasteiger partial charge is 0.457 e. The lowest BCUT2D eigenvalue weighted by atomic mass is 9.48. The zero-order valence-electron chi connectivity index (χ0n) is 14.8. The van der Waals surface area contributed by atoms with Gasteiger partial charge in [0, 0.05) is 22.5 Å². The van der Waals surface area contributed by atoms with Crippen molar-refractivity contribution in [1.82, 2.24) is 0 Å². The molecular weight excluding hydrogens is 332 g/mol. The van der Waals surface area contributed by atoms with Crippen molar-refractivity contribution in [2.75, 3.05) is 6.61 Å². The fourth-order valence-corrected chi connectivity index (χ4v) is 7.51. The summed E-state index contributed by atoms with van der Waals surface area (Å²) in [5, 5.41) is 0. The van der Waals surface area contributed by atoms with Crippen molar-refractivity contribution in [3.05, 3.63) is 23.3 Å². The highest BCUT2D eigenvalue weighted by Gasteiger charge is 2.72. The molecule has 5 heteroatoms. The topological polar surface area (TPSA) is 69.7 Å². The average Bonchev–Trinajstić information content (AvgIpc) is 3.13. The molecule has 0 aromatic rings. The van der Waals surface area contributed by atoms with Crippen molar-refractivity contribution < 1.29 is 23.9 Å². The molecule has 0 aromatic carbocycles. The Labute approximate surface area is 151 Å². The second-order valence-electron chi connectivity index (χ2n) is 9.07. The number of fused-ring (bicyclic) bond motifs is 2. The van der Waals surface area contributed by atoms with Crippen molar-refractivity contribution in [2.45, 2.75) is 44.8 Å². The number of carbonyl (C=O) groups excluding carboxylic acids is 3. The summed E-state index contributed by atoms with van der Waals surface area (Å²) in [6.45, 7) is 2.86. The maximum absolute atomic E-state index is 12.9. The molecule has 2 aliphatic heterocycles. The predicted molar refractivity (Wildman–Crippen MR) is 89.8 cm³/mol. The summed E-state index contributed by atoms with van der Waals surface area (Å²) in [4.78, 5) is 38.2. The number of allylic oxidation sites excluding steroid dienone is 2. The lowest BCUT2D eigenvalue weighted by Gasteiger charge is -2.55. The monoisotopic (exact) mass is 354 g/mol. The predicted octanol–water partition coefficient (Wildman–Crippen LogP) is 2.00. The SMILES string of the molecule is C[C@@H]1COC2C3=C(C(=O)C=CC3=O)[C@H]3OC(=O)[C@@H]4CC[C@H]5C1CC[C@@]25[C@@H]34. The van der Waals surface area contributed by atoms with Crippen LogP contribution >= 0.6 is 0 Å². The number of esters is 1. The Morgan fingerprint density at radius 2 is 1.81 bits per heavy atom. The molecule has 136 valence electrons. The minimum atomic E-state index is -0.557. The second-order valence-corrected chi connectivity index (χ2v) is 9.07. The zero-order chi connectivity index (χ0) is 17.8. The second kappa shape index (κ2) is 4.75. The van der Waals surface area contributed by atoms with Crippen LogP contribution in [0.2, 0.25) is 0 Å². The summed E-state index contributed by atoms with van der Waals surface area (Å²) in [5.74, 6) is 0.775. The summed E-state index contributed by atoms with van der Waals surface area (Å²) in [7, 11) is 0. The molecule has 2 saturated carbocycles. The van der Waals surface area contributed by atoms with Gasteiger partial charge in [0.1, 0.15) is 6.10 Å². The van der Waals surface area contributed by atoms with E-state index in [-0.39, 0.29) is 40.9 Å². The highest BCUT2D eigenvalue weighted by molar-refractivity contribution is 6.21. The number of hydrogen-bond donors (Lipinski definition) is 0. The molecule has 1 spiro atoms. The standard InChI is InChI=1S/C21H22O5/c1-9-8-25-19-16-14(23)5-4-13(22)15(16)18-17-11(20(24)26-18)2-3-12-10(9)6-7-21(12,17)19/h4-5,9-12,17-19H,2-3,6-8H2,1H3/t9-,10?,11-,12+,17-,18-,19?,21-/m1/s1. The molecule has 6 rings (SSSR count). The molecular formula is C21H22O5. The van der Waals surface area contributed by atoms with E-state index >= 15 is 0 Å². The van der Waals surface area contributed by atoms with Crippen molar-refractivity contribution in [3.8, 4) is 0 Å². The van der Waals surface area contributed by atoms with E-state index in [4.69, 9.17) is 9.47 Å². The van der Waals surface area contributed by atoms with E-state index < -0.39 is 6.10 Å². The van der Waals surface area contributed by atoms with Gasteiger partial charge in [-0.05, 0) is 55.6 Å². The first-order valence-electron chi connectivity index (χ1n) is 9.87. The summed E-state index contributed by atoms with van der Waals surface area (Å²) < 4.78 is 12.2. The van der Waals surface area contributed by atoms with Crippen LogP contribution in [0.3, 0.4) is 0 Å². The smallest absolute Gasteiger partial charge is 0.310 e. The lowest BCUT2D eigenvalue weighted by molar-refractivity contribution is -0.143. The Morgan fingerprint density at radius 3 is 2.62 bits per heavy atom. The van der Waals surface area contributed by atoms with Gasteiger partial charge < -0.3 is 9.47 Å². The van der Waals surface area contributed by atoms with Crippen molar-refractivity contribution >= 4 is 17.5 Å². The molecule has 0 radical (unpaired) electrons. The van der Waals surface area contributed by atoms with Crippen LogP contribution in [0.25, 0.3) is 0 Å². The van der Waals surface area contributed by atoms with Crippen LogP contribution in [-0.4, -0.2) is 36.4 Å². The molecule has 4 fully saturated rings. The van der Waals surface area contributed by atoms with E-state index in [1.165, 1.54) is 12.2 Å². The van der Waals surface area contributed by atoms with Gasteiger partial charge in [-0.3, -0.25) is 14.4 Å². The number of hydrogen-bond acceptors (Lipinski definition) is 5. The number of rotatable bonds is 0. The maximum atomic E-state index is 12.9. The summed E-state index contributed by atoms with van der Waals surface area (Å²) in [6, 6.07) is 0. The van der Waals surface area contributed by atoms with E-state index in [1.807, 2.05) is 0 Å². The van der Waals surface area contributed by atoms with Gasteiger partial charge in [0.25, 0.3) is 0 Å². The van der Waals surface area contributed by atoms with E-state index in [0.29, 0.717) is 35.5 Å². The van der Waals surface area contributed by atoms with E-state index in [0.717, 1.165) is 25.7 Å². The maximum Gasteiger partial charge on any atom is 0.310 e. The van der Waals surface area contributed by atoms with E-state index in [1.54, 1.807) is 0 Å². The lowest BCUT2D eigenvalue weighted by Crippen LogP contribution is -2.59. The molecule has 2 saturated heterocycles.